The number of carbonyl (C=O) groups excluding carboxylic acids is 1. The highest BCUT2D eigenvalue weighted by molar-refractivity contribution is 7.99. The van der Waals surface area contributed by atoms with Crippen LogP contribution >= 0.6 is 23.4 Å². The average Bonchev–Trinajstić information content (AvgIpc) is 3.17. The monoisotopic (exact) mass is 473 g/mol. The first-order valence-corrected chi connectivity index (χ1v) is 11.3. The van der Waals surface area contributed by atoms with Crippen LogP contribution in [-0.2, 0) is 11.8 Å². The van der Waals surface area contributed by atoms with Crippen LogP contribution in [0.5, 0.6) is 11.5 Å². The van der Waals surface area contributed by atoms with E-state index in [1.165, 1.54) is 11.8 Å². The second-order valence-corrected chi connectivity index (χ2v) is 8.09. The highest BCUT2D eigenvalue weighted by atomic mass is 35.5. The van der Waals surface area contributed by atoms with Crippen molar-refractivity contribution in [1.29, 1.82) is 0 Å². The minimum Gasteiger partial charge on any atom is -0.493 e. The van der Waals surface area contributed by atoms with Crippen molar-refractivity contribution >= 4 is 35.5 Å². The number of hydrazone groups is 1. The molecule has 0 saturated heterocycles. The Morgan fingerprint density at radius 3 is 2.72 bits per heavy atom. The molecule has 1 heterocycles. The minimum absolute atomic E-state index is 0.150. The van der Waals surface area contributed by atoms with Gasteiger partial charge in [0.05, 0.1) is 25.7 Å². The zero-order chi connectivity index (χ0) is 22.9. The van der Waals surface area contributed by atoms with Crippen LogP contribution in [0, 0.1) is 0 Å². The van der Waals surface area contributed by atoms with Gasteiger partial charge in [-0.05, 0) is 54.4 Å². The Morgan fingerprint density at radius 2 is 2.00 bits per heavy atom. The number of hydrogen-bond donors (Lipinski definition) is 1. The molecule has 0 saturated carbocycles. The average molecular weight is 474 g/mol. The third-order valence-electron chi connectivity index (χ3n) is 4.32. The van der Waals surface area contributed by atoms with Gasteiger partial charge < -0.3 is 14.0 Å². The molecule has 1 aromatic heterocycles. The van der Waals surface area contributed by atoms with E-state index < -0.39 is 0 Å². The summed E-state index contributed by atoms with van der Waals surface area (Å²) in [6, 6.07) is 12.8. The Hall–Kier alpha value is -3.04. The fourth-order valence-corrected chi connectivity index (χ4v) is 3.56. The molecule has 0 spiro atoms. The summed E-state index contributed by atoms with van der Waals surface area (Å²) in [7, 11) is 3.43. The van der Waals surface area contributed by atoms with E-state index in [1.807, 2.05) is 42.8 Å². The van der Waals surface area contributed by atoms with Gasteiger partial charge in [0.1, 0.15) is 0 Å². The number of amides is 1. The number of hydrogen-bond acceptors (Lipinski definition) is 7. The van der Waals surface area contributed by atoms with E-state index in [9.17, 15) is 4.79 Å². The Balaban J connectivity index is 1.53. The highest BCUT2D eigenvalue weighted by Crippen LogP contribution is 2.27. The van der Waals surface area contributed by atoms with Crippen molar-refractivity contribution in [1.82, 2.24) is 20.2 Å². The van der Waals surface area contributed by atoms with Gasteiger partial charge in [-0.15, -0.1) is 10.2 Å². The molecule has 0 aliphatic carbocycles. The molecular formula is C22H24ClN5O3S. The van der Waals surface area contributed by atoms with Gasteiger partial charge in [-0.2, -0.15) is 5.10 Å². The lowest BCUT2D eigenvalue weighted by Gasteiger charge is -2.10. The van der Waals surface area contributed by atoms with Gasteiger partial charge >= 0.3 is 0 Å². The van der Waals surface area contributed by atoms with Crippen LogP contribution in [0.2, 0.25) is 5.02 Å². The zero-order valence-corrected chi connectivity index (χ0v) is 19.6. The molecule has 168 valence electrons. The first-order chi connectivity index (χ1) is 15.5. The molecule has 0 fully saturated rings. The number of ether oxygens (including phenoxy) is 2. The summed E-state index contributed by atoms with van der Waals surface area (Å²) >= 11 is 7.21. The summed E-state index contributed by atoms with van der Waals surface area (Å²) in [5.74, 6) is 1.88. The maximum absolute atomic E-state index is 12.2. The molecule has 0 aliphatic heterocycles. The Labute approximate surface area is 196 Å². The molecule has 0 aliphatic rings. The highest BCUT2D eigenvalue weighted by Gasteiger charge is 2.13. The van der Waals surface area contributed by atoms with E-state index >= 15 is 0 Å². The van der Waals surface area contributed by atoms with Gasteiger partial charge in [0, 0.05) is 17.6 Å². The molecule has 0 bridgehead atoms. The number of methoxy groups -OCH3 is 1. The molecule has 2 aromatic carbocycles. The molecule has 1 amide bonds. The molecule has 0 atom stereocenters. The minimum atomic E-state index is -0.253. The lowest BCUT2D eigenvalue weighted by Crippen LogP contribution is -2.19. The summed E-state index contributed by atoms with van der Waals surface area (Å²) in [6.07, 6.45) is 2.46. The second kappa shape index (κ2) is 11.5. The van der Waals surface area contributed by atoms with Gasteiger partial charge in [0.25, 0.3) is 5.91 Å². The molecule has 10 heteroatoms. The number of nitrogens with zero attached hydrogens (tertiary/aromatic N) is 4. The number of thioether (sulfide) groups is 1. The molecule has 3 aromatic rings. The Kier molecular flexibility index (Phi) is 8.52. The summed E-state index contributed by atoms with van der Waals surface area (Å²) in [4.78, 5) is 12.2. The van der Waals surface area contributed by atoms with Gasteiger partial charge in [-0.25, -0.2) is 5.43 Å². The zero-order valence-electron chi connectivity index (χ0n) is 18.0. The number of nitrogens with one attached hydrogen (secondary N) is 1. The maximum Gasteiger partial charge on any atom is 0.250 e. The summed E-state index contributed by atoms with van der Waals surface area (Å²) in [5.41, 5.74) is 4.19. The van der Waals surface area contributed by atoms with E-state index in [0.29, 0.717) is 34.1 Å². The standard InChI is InChI=1S/C22H24ClN5O3S/c1-4-11-31-18-10-5-15(12-19(18)30-3)13-24-25-20(29)14-32-22-27-26-21(28(22)2)16-6-8-17(23)9-7-16/h5-10,12-13H,4,11,14H2,1-3H3,(H,25,29)/b24-13+. The summed E-state index contributed by atoms with van der Waals surface area (Å²) in [5, 5.41) is 13.7. The van der Waals surface area contributed by atoms with Crippen molar-refractivity contribution < 1.29 is 14.3 Å². The Bertz CT molecular complexity index is 1090. The first-order valence-electron chi connectivity index (χ1n) is 9.92. The van der Waals surface area contributed by atoms with Crippen LogP contribution in [0.25, 0.3) is 11.4 Å². The van der Waals surface area contributed by atoms with Gasteiger partial charge in [-0.3, -0.25) is 4.79 Å². The summed E-state index contributed by atoms with van der Waals surface area (Å²) < 4.78 is 12.8. The molecule has 1 N–H and O–H groups in total. The van der Waals surface area contributed by atoms with Crippen molar-refractivity contribution in [3.63, 3.8) is 0 Å². The van der Waals surface area contributed by atoms with Crippen molar-refractivity contribution in [3.05, 3.63) is 53.1 Å². The second-order valence-electron chi connectivity index (χ2n) is 6.71. The number of aromatic nitrogens is 3. The third-order valence-corrected chi connectivity index (χ3v) is 5.59. The third kappa shape index (κ3) is 6.24. The Morgan fingerprint density at radius 1 is 1.22 bits per heavy atom. The normalized spacial score (nSPS) is 11.0. The van der Waals surface area contributed by atoms with Crippen LogP contribution < -0.4 is 14.9 Å². The SMILES string of the molecule is CCCOc1ccc(/C=N/NC(=O)CSc2nnc(-c3ccc(Cl)cc3)n2C)cc1OC. The summed E-state index contributed by atoms with van der Waals surface area (Å²) in [6.45, 7) is 2.65. The van der Waals surface area contributed by atoms with Crippen molar-refractivity contribution in [2.24, 2.45) is 12.1 Å². The van der Waals surface area contributed by atoms with Crippen molar-refractivity contribution in [2.45, 2.75) is 18.5 Å². The molecule has 32 heavy (non-hydrogen) atoms. The molecule has 8 nitrogen and oxygen atoms in total. The van der Waals surface area contributed by atoms with Crippen LogP contribution in [0.3, 0.4) is 0 Å². The van der Waals surface area contributed by atoms with Crippen LogP contribution in [-0.4, -0.2) is 46.4 Å². The molecule has 0 radical (unpaired) electrons. The topological polar surface area (TPSA) is 90.6 Å². The molecular weight excluding hydrogens is 450 g/mol. The fraction of sp³-hybridized carbons (Fsp3) is 0.273. The largest absolute Gasteiger partial charge is 0.493 e. The van der Waals surface area contributed by atoms with Gasteiger partial charge in [0.2, 0.25) is 0 Å². The van der Waals surface area contributed by atoms with Crippen LogP contribution in [0.15, 0.2) is 52.7 Å². The lowest BCUT2D eigenvalue weighted by molar-refractivity contribution is -0.118. The quantitative estimate of drug-likeness (QED) is 0.270. The predicted molar refractivity (Wildman–Crippen MR) is 127 cm³/mol. The first kappa shape index (κ1) is 23.6. The van der Waals surface area contributed by atoms with Crippen molar-refractivity contribution in [3.8, 4) is 22.9 Å². The van der Waals surface area contributed by atoms with E-state index in [0.717, 1.165) is 17.5 Å². The molecule has 0 unspecified atom stereocenters. The van der Waals surface area contributed by atoms with Crippen LogP contribution in [0.1, 0.15) is 18.9 Å². The molecule has 3 rings (SSSR count). The van der Waals surface area contributed by atoms with Gasteiger partial charge in [-0.1, -0.05) is 30.3 Å². The fourth-order valence-electron chi connectivity index (χ4n) is 2.73. The number of rotatable bonds is 10. The van der Waals surface area contributed by atoms with E-state index in [1.54, 1.807) is 31.5 Å². The van der Waals surface area contributed by atoms with Crippen molar-refractivity contribution in [2.75, 3.05) is 19.5 Å². The van der Waals surface area contributed by atoms with Gasteiger partial charge in [0.15, 0.2) is 22.5 Å². The van der Waals surface area contributed by atoms with E-state index in [-0.39, 0.29) is 11.7 Å². The van der Waals surface area contributed by atoms with E-state index in [2.05, 4.69) is 20.7 Å². The lowest BCUT2D eigenvalue weighted by atomic mass is 10.2. The van der Waals surface area contributed by atoms with E-state index in [4.69, 9.17) is 21.1 Å². The maximum atomic E-state index is 12.2. The predicted octanol–water partition coefficient (Wildman–Crippen LogP) is 4.18. The number of halogens is 1. The smallest absolute Gasteiger partial charge is 0.250 e. The van der Waals surface area contributed by atoms with Crippen LogP contribution in [0.4, 0.5) is 0 Å². The number of benzene rings is 2. The number of carbonyl (C=O) groups is 1.